The molecule has 21 heavy (non-hydrogen) atoms. The second kappa shape index (κ2) is 6.83. The Morgan fingerprint density at radius 1 is 1.24 bits per heavy atom. The highest BCUT2D eigenvalue weighted by Crippen LogP contribution is 2.24. The third-order valence-electron chi connectivity index (χ3n) is 4.37. The molecule has 2 aromatic rings. The van der Waals surface area contributed by atoms with E-state index in [1.54, 1.807) is 0 Å². The molecule has 0 aliphatic carbocycles. The highest BCUT2D eigenvalue weighted by atomic mass is 15.2. The van der Waals surface area contributed by atoms with E-state index in [2.05, 4.69) is 58.5 Å². The minimum atomic E-state index is 0.497. The minimum absolute atomic E-state index is 0.497. The number of benzene rings is 1. The van der Waals surface area contributed by atoms with Crippen molar-refractivity contribution in [3.8, 4) is 0 Å². The number of aromatic nitrogens is 1. The molecule has 1 aromatic heterocycles. The fourth-order valence-electron chi connectivity index (χ4n) is 3.01. The number of hydrogen-bond donors (Lipinski definition) is 1. The van der Waals surface area contributed by atoms with Gasteiger partial charge in [-0.15, -0.1) is 0 Å². The first kappa shape index (κ1) is 14.2. The van der Waals surface area contributed by atoms with Crippen molar-refractivity contribution < 1.29 is 0 Å². The van der Waals surface area contributed by atoms with Crippen LogP contribution in [0.1, 0.15) is 30.5 Å². The maximum atomic E-state index is 4.16. The average Bonchev–Trinajstić information content (AvgIpc) is 3.03. The summed E-state index contributed by atoms with van der Waals surface area (Å²) < 4.78 is 0. The molecule has 0 radical (unpaired) electrons. The van der Waals surface area contributed by atoms with Gasteiger partial charge in [-0.25, -0.2) is 0 Å². The summed E-state index contributed by atoms with van der Waals surface area (Å²) in [5.41, 5.74) is 2.66. The molecule has 0 amide bonds. The van der Waals surface area contributed by atoms with Gasteiger partial charge in [0.05, 0.1) is 0 Å². The summed E-state index contributed by atoms with van der Waals surface area (Å²) in [6, 6.07) is 16.0. The van der Waals surface area contributed by atoms with E-state index in [9.17, 15) is 0 Å². The van der Waals surface area contributed by atoms with Crippen LogP contribution in [-0.2, 0) is 6.54 Å². The zero-order valence-electron chi connectivity index (χ0n) is 12.6. The fourth-order valence-corrected chi connectivity index (χ4v) is 3.01. The maximum absolute atomic E-state index is 4.16. The van der Waals surface area contributed by atoms with Gasteiger partial charge in [0.25, 0.3) is 0 Å². The molecule has 3 nitrogen and oxygen atoms in total. The van der Waals surface area contributed by atoms with Crippen molar-refractivity contribution in [2.24, 2.45) is 0 Å². The molecule has 1 aromatic carbocycles. The molecule has 1 aliphatic rings. The van der Waals surface area contributed by atoms with Crippen LogP contribution in [0.2, 0.25) is 0 Å². The van der Waals surface area contributed by atoms with Crippen molar-refractivity contribution in [1.29, 1.82) is 0 Å². The Bertz CT molecular complexity index is 541. The number of nitrogens with one attached hydrogen (secondary N) is 1. The molecule has 110 valence electrons. The van der Waals surface area contributed by atoms with Crippen LogP contribution >= 0.6 is 0 Å². The van der Waals surface area contributed by atoms with Gasteiger partial charge in [-0.05, 0) is 30.5 Å². The first-order valence-corrected chi connectivity index (χ1v) is 7.74. The first-order chi connectivity index (χ1) is 10.3. The van der Waals surface area contributed by atoms with Gasteiger partial charge in [0, 0.05) is 44.1 Å². The second-order valence-corrected chi connectivity index (χ2v) is 5.81. The lowest BCUT2D eigenvalue weighted by Crippen LogP contribution is -2.33. The Morgan fingerprint density at radius 3 is 2.86 bits per heavy atom. The third kappa shape index (κ3) is 3.69. The van der Waals surface area contributed by atoms with Crippen molar-refractivity contribution in [2.75, 3.05) is 13.1 Å². The molecular weight excluding hydrogens is 258 g/mol. The van der Waals surface area contributed by atoms with Crippen LogP contribution in [-0.4, -0.2) is 29.0 Å². The Kier molecular flexibility index (Phi) is 4.63. The predicted molar refractivity (Wildman–Crippen MR) is 85.9 cm³/mol. The van der Waals surface area contributed by atoms with Gasteiger partial charge in [0.15, 0.2) is 0 Å². The van der Waals surface area contributed by atoms with E-state index in [0.717, 1.165) is 13.1 Å². The highest BCUT2D eigenvalue weighted by molar-refractivity contribution is 5.18. The molecule has 1 aliphatic heterocycles. The Balaban J connectivity index is 1.51. The van der Waals surface area contributed by atoms with E-state index >= 15 is 0 Å². The fraction of sp³-hybridized carbons (Fsp3) is 0.389. The topological polar surface area (TPSA) is 28.2 Å². The lowest BCUT2D eigenvalue weighted by molar-refractivity contribution is 0.255. The maximum Gasteiger partial charge on any atom is 0.0320 e. The molecular formula is C18H23N3. The Labute approximate surface area is 127 Å². The van der Waals surface area contributed by atoms with Crippen molar-refractivity contribution in [3.05, 3.63) is 66.0 Å². The average molecular weight is 281 g/mol. The monoisotopic (exact) mass is 281 g/mol. The lowest BCUT2D eigenvalue weighted by Gasteiger charge is -2.24. The van der Waals surface area contributed by atoms with Crippen LogP contribution in [0.25, 0.3) is 0 Å². The molecule has 1 saturated heterocycles. The van der Waals surface area contributed by atoms with Crippen molar-refractivity contribution in [2.45, 2.75) is 32.0 Å². The number of rotatable bonds is 5. The summed E-state index contributed by atoms with van der Waals surface area (Å²) in [6.07, 6.45) is 4.98. The van der Waals surface area contributed by atoms with Gasteiger partial charge < -0.3 is 5.32 Å². The quantitative estimate of drug-likeness (QED) is 0.913. The highest BCUT2D eigenvalue weighted by Gasteiger charge is 2.26. The van der Waals surface area contributed by atoms with Gasteiger partial charge in [0.1, 0.15) is 0 Å². The van der Waals surface area contributed by atoms with Gasteiger partial charge in [-0.2, -0.15) is 0 Å². The van der Waals surface area contributed by atoms with Crippen LogP contribution in [0.15, 0.2) is 54.9 Å². The molecule has 2 atom stereocenters. The van der Waals surface area contributed by atoms with Crippen LogP contribution in [0.4, 0.5) is 0 Å². The zero-order chi connectivity index (χ0) is 14.5. The Hall–Kier alpha value is -1.71. The zero-order valence-corrected chi connectivity index (χ0v) is 12.6. The molecule has 0 spiro atoms. The molecule has 1 fully saturated rings. The number of likely N-dealkylation sites (tertiary alicyclic amines) is 1. The third-order valence-corrected chi connectivity index (χ3v) is 4.37. The van der Waals surface area contributed by atoms with Crippen LogP contribution in [0.3, 0.4) is 0 Å². The summed E-state index contributed by atoms with van der Waals surface area (Å²) >= 11 is 0. The van der Waals surface area contributed by atoms with Gasteiger partial charge in [-0.1, -0.05) is 36.4 Å². The summed E-state index contributed by atoms with van der Waals surface area (Å²) in [5.74, 6) is 0. The smallest absolute Gasteiger partial charge is 0.0320 e. The molecule has 1 N–H and O–H groups in total. The molecule has 3 rings (SSSR count). The Morgan fingerprint density at radius 2 is 2.10 bits per heavy atom. The summed E-state index contributed by atoms with van der Waals surface area (Å²) in [4.78, 5) is 6.73. The van der Waals surface area contributed by atoms with E-state index in [1.807, 2.05) is 18.5 Å². The minimum Gasteiger partial charge on any atom is -0.309 e. The number of hydrogen-bond acceptors (Lipinski definition) is 3. The van der Waals surface area contributed by atoms with Crippen molar-refractivity contribution in [1.82, 2.24) is 15.2 Å². The first-order valence-electron chi connectivity index (χ1n) is 7.74. The standard InChI is InChI=1S/C18H23N3/c1-15(17-7-3-2-4-8-17)21-11-9-18(14-21)20-13-16-6-5-10-19-12-16/h2-8,10,12,15,18,20H,9,11,13-14H2,1H3/t15-,18+/m1/s1. The van der Waals surface area contributed by atoms with Gasteiger partial charge in [0.2, 0.25) is 0 Å². The van der Waals surface area contributed by atoms with E-state index in [-0.39, 0.29) is 0 Å². The molecule has 2 heterocycles. The summed E-state index contributed by atoms with van der Waals surface area (Å²) in [6.45, 7) is 5.50. The van der Waals surface area contributed by atoms with Crippen molar-refractivity contribution in [3.63, 3.8) is 0 Å². The summed E-state index contributed by atoms with van der Waals surface area (Å²) in [7, 11) is 0. The SMILES string of the molecule is C[C@H](c1ccccc1)N1CC[C@H](NCc2cccnc2)C1. The number of nitrogens with zero attached hydrogens (tertiary/aromatic N) is 2. The van der Waals surface area contributed by atoms with E-state index in [0.29, 0.717) is 12.1 Å². The normalized spacial score (nSPS) is 20.5. The predicted octanol–water partition coefficient (Wildman–Crippen LogP) is 3.01. The van der Waals surface area contributed by atoms with Crippen molar-refractivity contribution >= 4 is 0 Å². The molecule has 0 saturated carbocycles. The van der Waals surface area contributed by atoms with E-state index in [1.165, 1.54) is 24.1 Å². The van der Waals surface area contributed by atoms with Crippen LogP contribution in [0, 0.1) is 0 Å². The van der Waals surface area contributed by atoms with Gasteiger partial charge >= 0.3 is 0 Å². The molecule has 0 bridgehead atoms. The molecule has 0 unspecified atom stereocenters. The number of pyridine rings is 1. The van der Waals surface area contributed by atoms with Crippen LogP contribution in [0.5, 0.6) is 0 Å². The summed E-state index contributed by atoms with van der Waals surface area (Å²) in [5, 5.41) is 3.65. The molecule has 3 heteroatoms. The second-order valence-electron chi connectivity index (χ2n) is 5.81. The van der Waals surface area contributed by atoms with E-state index < -0.39 is 0 Å². The lowest BCUT2D eigenvalue weighted by atomic mass is 10.1. The van der Waals surface area contributed by atoms with Gasteiger partial charge in [-0.3, -0.25) is 9.88 Å². The van der Waals surface area contributed by atoms with E-state index in [4.69, 9.17) is 0 Å². The largest absolute Gasteiger partial charge is 0.309 e. The van der Waals surface area contributed by atoms with Crippen LogP contribution < -0.4 is 5.32 Å².